The molecule has 7 heteroatoms. The van der Waals surface area contributed by atoms with Crippen molar-refractivity contribution < 1.29 is 22.3 Å². The van der Waals surface area contributed by atoms with Crippen LogP contribution in [0.3, 0.4) is 0 Å². The maximum Gasteiger partial charge on any atom is 0.334 e. The Bertz CT molecular complexity index is 979. The van der Waals surface area contributed by atoms with Gasteiger partial charge in [0.05, 0.1) is 11.5 Å². The molecule has 1 saturated heterocycles. The first kappa shape index (κ1) is 17.3. The van der Waals surface area contributed by atoms with E-state index in [0.29, 0.717) is 34.3 Å². The van der Waals surface area contributed by atoms with E-state index in [0.717, 1.165) is 0 Å². The molecule has 25 heavy (non-hydrogen) atoms. The number of rotatable bonds is 3. The molecule has 130 valence electrons. The highest BCUT2D eigenvalue weighted by atomic mass is 32.2. The predicted molar refractivity (Wildman–Crippen MR) is 90.6 cm³/mol. The van der Waals surface area contributed by atoms with E-state index < -0.39 is 16.0 Å². The van der Waals surface area contributed by atoms with Crippen molar-refractivity contribution in [1.82, 2.24) is 0 Å². The maximum atomic E-state index is 13.6. The minimum Gasteiger partial charge on any atom is -0.462 e. The number of hydrogen-bond acceptors (Lipinski definition) is 4. The van der Waals surface area contributed by atoms with Crippen molar-refractivity contribution in [3.05, 3.63) is 70.5 Å². The standard InChI is InChI=1S/C18H16FNO4S/c1-11-10-13(4-7-16(11)19)17(15-8-9-24-18(15)21)12-2-5-14(6-3-12)25(20,22)23/h2-7,10H,8-9H2,1H3,(H2,20,22,23). The third kappa shape index (κ3) is 3.47. The van der Waals surface area contributed by atoms with Crippen LogP contribution in [0.25, 0.3) is 5.57 Å². The number of carbonyl (C=O) groups is 1. The second-order valence-electron chi connectivity index (χ2n) is 5.77. The fourth-order valence-corrected chi connectivity index (χ4v) is 3.30. The van der Waals surface area contributed by atoms with Crippen molar-refractivity contribution in [3.63, 3.8) is 0 Å². The van der Waals surface area contributed by atoms with Crippen molar-refractivity contribution in [2.75, 3.05) is 6.61 Å². The number of primary sulfonamides is 1. The third-order valence-corrected chi connectivity index (χ3v) is 4.98. The summed E-state index contributed by atoms with van der Waals surface area (Å²) in [4.78, 5) is 12.0. The summed E-state index contributed by atoms with van der Waals surface area (Å²) >= 11 is 0. The Kier molecular flexibility index (Phi) is 4.45. The second-order valence-corrected chi connectivity index (χ2v) is 7.33. The van der Waals surface area contributed by atoms with Gasteiger partial charge in [0, 0.05) is 12.0 Å². The molecule has 2 aromatic rings. The van der Waals surface area contributed by atoms with Crippen LogP contribution < -0.4 is 5.14 Å². The third-order valence-electron chi connectivity index (χ3n) is 4.05. The molecule has 0 unspecified atom stereocenters. The SMILES string of the molecule is Cc1cc(C(=C2CCOC2=O)c2ccc(S(N)(=O)=O)cc2)ccc1F. The van der Waals surface area contributed by atoms with E-state index in [-0.39, 0.29) is 17.3 Å². The van der Waals surface area contributed by atoms with Crippen molar-refractivity contribution in [1.29, 1.82) is 0 Å². The van der Waals surface area contributed by atoms with Crippen LogP contribution in [0.4, 0.5) is 4.39 Å². The van der Waals surface area contributed by atoms with Gasteiger partial charge >= 0.3 is 5.97 Å². The highest BCUT2D eigenvalue weighted by Crippen LogP contribution is 2.33. The lowest BCUT2D eigenvalue weighted by atomic mass is 9.91. The number of benzene rings is 2. The van der Waals surface area contributed by atoms with E-state index in [1.165, 1.54) is 18.2 Å². The molecule has 5 nitrogen and oxygen atoms in total. The minimum absolute atomic E-state index is 0.0233. The van der Waals surface area contributed by atoms with E-state index >= 15 is 0 Å². The Morgan fingerprint density at radius 2 is 1.76 bits per heavy atom. The highest BCUT2D eigenvalue weighted by Gasteiger charge is 2.25. The lowest BCUT2D eigenvalue weighted by Gasteiger charge is -2.13. The Balaban J connectivity index is 2.19. The number of hydrogen-bond donors (Lipinski definition) is 1. The Hall–Kier alpha value is -2.51. The molecule has 2 N–H and O–H groups in total. The number of aryl methyl sites for hydroxylation is 1. The molecular weight excluding hydrogens is 345 g/mol. The molecule has 0 bridgehead atoms. The van der Waals surface area contributed by atoms with Gasteiger partial charge in [0.2, 0.25) is 10.0 Å². The van der Waals surface area contributed by atoms with Gasteiger partial charge in [-0.15, -0.1) is 0 Å². The monoisotopic (exact) mass is 361 g/mol. The van der Waals surface area contributed by atoms with Crippen LogP contribution in [-0.2, 0) is 19.6 Å². The van der Waals surface area contributed by atoms with Crippen LogP contribution in [0.5, 0.6) is 0 Å². The number of esters is 1. The number of cyclic esters (lactones) is 1. The van der Waals surface area contributed by atoms with Gasteiger partial charge in [-0.25, -0.2) is 22.7 Å². The summed E-state index contributed by atoms with van der Waals surface area (Å²) in [6.07, 6.45) is 0.432. The maximum absolute atomic E-state index is 13.6. The number of nitrogens with two attached hydrogens (primary N) is 1. The zero-order valence-corrected chi connectivity index (χ0v) is 14.3. The Morgan fingerprint density at radius 3 is 2.28 bits per heavy atom. The summed E-state index contributed by atoms with van der Waals surface area (Å²) in [7, 11) is -3.81. The molecule has 1 aliphatic rings. The molecule has 0 atom stereocenters. The number of sulfonamides is 1. The van der Waals surface area contributed by atoms with Gasteiger partial charge in [0.15, 0.2) is 0 Å². The molecule has 0 spiro atoms. The van der Waals surface area contributed by atoms with Crippen LogP contribution in [0, 0.1) is 12.7 Å². The first-order valence-electron chi connectivity index (χ1n) is 7.57. The molecule has 0 radical (unpaired) electrons. The number of ether oxygens (including phenoxy) is 1. The smallest absolute Gasteiger partial charge is 0.334 e. The summed E-state index contributed by atoms with van der Waals surface area (Å²) in [5.41, 5.74) is 2.83. The van der Waals surface area contributed by atoms with Crippen molar-refractivity contribution >= 4 is 21.6 Å². The van der Waals surface area contributed by atoms with Gasteiger partial charge in [-0.1, -0.05) is 18.2 Å². The van der Waals surface area contributed by atoms with Gasteiger partial charge in [0.1, 0.15) is 5.82 Å². The average Bonchev–Trinajstić information content (AvgIpc) is 2.97. The molecule has 2 aromatic carbocycles. The molecule has 1 aliphatic heterocycles. The highest BCUT2D eigenvalue weighted by molar-refractivity contribution is 7.89. The Labute approximate surface area is 145 Å². The summed E-state index contributed by atoms with van der Waals surface area (Å²) < 4.78 is 41.5. The van der Waals surface area contributed by atoms with Gasteiger partial charge in [0.25, 0.3) is 0 Å². The van der Waals surface area contributed by atoms with Gasteiger partial charge < -0.3 is 4.74 Å². The van der Waals surface area contributed by atoms with Crippen molar-refractivity contribution in [2.45, 2.75) is 18.2 Å². The number of halogens is 1. The molecular formula is C18H16FNO4S. The summed E-state index contributed by atoms with van der Waals surface area (Å²) in [5, 5.41) is 5.12. The topological polar surface area (TPSA) is 86.5 Å². The second kappa shape index (κ2) is 6.42. The molecule has 0 aromatic heterocycles. The van der Waals surface area contributed by atoms with Gasteiger partial charge in [-0.2, -0.15) is 0 Å². The number of carbonyl (C=O) groups excluding carboxylic acids is 1. The molecule has 0 saturated carbocycles. The lowest BCUT2D eigenvalue weighted by Crippen LogP contribution is -2.12. The zero-order valence-electron chi connectivity index (χ0n) is 13.5. The fraction of sp³-hybridized carbons (Fsp3) is 0.167. The van der Waals surface area contributed by atoms with Crippen LogP contribution in [0.2, 0.25) is 0 Å². The normalized spacial score (nSPS) is 16.7. The van der Waals surface area contributed by atoms with Gasteiger partial charge in [-0.3, -0.25) is 0 Å². The van der Waals surface area contributed by atoms with Crippen LogP contribution in [-0.4, -0.2) is 21.0 Å². The van der Waals surface area contributed by atoms with Crippen LogP contribution in [0.1, 0.15) is 23.1 Å². The Morgan fingerprint density at radius 1 is 1.12 bits per heavy atom. The van der Waals surface area contributed by atoms with Crippen molar-refractivity contribution in [2.24, 2.45) is 5.14 Å². The zero-order chi connectivity index (χ0) is 18.2. The van der Waals surface area contributed by atoms with E-state index in [2.05, 4.69) is 0 Å². The summed E-state index contributed by atoms with van der Waals surface area (Å²) in [6.45, 7) is 1.92. The van der Waals surface area contributed by atoms with Crippen LogP contribution >= 0.6 is 0 Å². The summed E-state index contributed by atoms with van der Waals surface area (Å²) in [6, 6.07) is 10.5. The first-order valence-corrected chi connectivity index (χ1v) is 9.12. The molecule has 0 aliphatic carbocycles. The van der Waals surface area contributed by atoms with E-state index in [1.807, 2.05) is 0 Å². The first-order chi connectivity index (χ1) is 11.8. The molecule has 1 fully saturated rings. The van der Waals surface area contributed by atoms with Crippen molar-refractivity contribution in [3.8, 4) is 0 Å². The lowest BCUT2D eigenvalue weighted by molar-refractivity contribution is -0.135. The summed E-state index contributed by atoms with van der Waals surface area (Å²) in [5.74, 6) is -0.765. The van der Waals surface area contributed by atoms with E-state index in [4.69, 9.17) is 9.88 Å². The molecule has 1 heterocycles. The fourth-order valence-electron chi connectivity index (χ4n) is 2.79. The van der Waals surface area contributed by atoms with E-state index in [1.54, 1.807) is 31.2 Å². The van der Waals surface area contributed by atoms with Crippen LogP contribution in [0.15, 0.2) is 52.9 Å². The molecule has 0 amide bonds. The van der Waals surface area contributed by atoms with Gasteiger partial charge in [-0.05, 0) is 53.5 Å². The predicted octanol–water partition coefficient (Wildman–Crippen LogP) is 2.53. The quantitative estimate of drug-likeness (QED) is 0.672. The average molecular weight is 361 g/mol. The largest absolute Gasteiger partial charge is 0.462 e. The van der Waals surface area contributed by atoms with E-state index in [9.17, 15) is 17.6 Å². The minimum atomic E-state index is -3.81. The molecule has 3 rings (SSSR count).